The van der Waals surface area contributed by atoms with Crippen LogP contribution in [0.3, 0.4) is 0 Å². The summed E-state index contributed by atoms with van der Waals surface area (Å²) in [6.45, 7) is 12.0. The fourth-order valence-corrected chi connectivity index (χ4v) is 2.78. The van der Waals surface area contributed by atoms with Crippen molar-refractivity contribution in [3.05, 3.63) is 30.5 Å². The monoisotopic (exact) mass is 300 g/mol. The van der Waals surface area contributed by atoms with Gasteiger partial charge in [-0.3, -0.25) is 0 Å². The Morgan fingerprint density at radius 2 is 2.05 bits per heavy atom. The molecule has 1 aromatic heterocycles. The van der Waals surface area contributed by atoms with Crippen LogP contribution in [0.5, 0.6) is 0 Å². The second-order valence-corrected chi connectivity index (χ2v) is 7.52. The van der Waals surface area contributed by atoms with Gasteiger partial charge >= 0.3 is 0 Å². The number of hydrogen-bond acceptors (Lipinski definition) is 4. The summed E-state index contributed by atoms with van der Waals surface area (Å²) in [5.41, 5.74) is -0.0530. The average Bonchev–Trinajstić information content (AvgIpc) is 2.74. The number of rotatable bonds is 7. The van der Waals surface area contributed by atoms with Gasteiger partial charge in [0.1, 0.15) is 5.76 Å². The summed E-state index contributed by atoms with van der Waals surface area (Å²) in [5, 5.41) is 3.19. The summed E-state index contributed by atoms with van der Waals surface area (Å²) in [5.74, 6) is 0.594. The molecule has 0 saturated heterocycles. The molecule has 1 heterocycles. The van der Waals surface area contributed by atoms with Gasteiger partial charge < -0.3 is 9.73 Å². The second kappa shape index (κ2) is 6.56. The van der Waals surface area contributed by atoms with Gasteiger partial charge in [-0.05, 0) is 46.2 Å². The molecule has 20 heavy (non-hydrogen) atoms. The maximum Gasteiger partial charge on any atom is 0.274 e. The highest BCUT2D eigenvalue weighted by Crippen LogP contribution is 2.15. The second-order valence-electron chi connectivity index (χ2n) is 5.87. The first kappa shape index (κ1) is 16.9. The van der Waals surface area contributed by atoms with Crippen molar-refractivity contribution in [3.63, 3.8) is 0 Å². The van der Waals surface area contributed by atoms with Crippen LogP contribution >= 0.6 is 0 Å². The minimum atomic E-state index is -3.61. The molecule has 1 atom stereocenters. The molecule has 1 unspecified atom stereocenters. The Kier molecular flexibility index (Phi) is 5.56. The Morgan fingerprint density at radius 1 is 1.40 bits per heavy atom. The molecule has 1 rings (SSSR count). The smallest absolute Gasteiger partial charge is 0.274 e. The van der Waals surface area contributed by atoms with Gasteiger partial charge in [-0.2, -0.15) is 0 Å². The highest BCUT2D eigenvalue weighted by atomic mass is 32.2. The van der Waals surface area contributed by atoms with Crippen LogP contribution < -0.4 is 10.0 Å². The van der Waals surface area contributed by atoms with E-state index in [9.17, 15) is 8.42 Å². The van der Waals surface area contributed by atoms with E-state index in [2.05, 4.69) is 16.6 Å². The Hall–Kier alpha value is -1.11. The van der Waals surface area contributed by atoms with Crippen LogP contribution in [0.4, 0.5) is 0 Å². The minimum Gasteiger partial charge on any atom is -0.447 e. The first-order valence-corrected chi connectivity index (χ1v) is 8.09. The van der Waals surface area contributed by atoms with Crippen LogP contribution in [0, 0.1) is 0 Å². The van der Waals surface area contributed by atoms with Crippen LogP contribution in [0.2, 0.25) is 0 Å². The van der Waals surface area contributed by atoms with E-state index < -0.39 is 10.0 Å². The largest absolute Gasteiger partial charge is 0.447 e. The van der Waals surface area contributed by atoms with Crippen molar-refractivity contribution in [1.82, 2.24) is 10.0 Å². The number of sulfonamides is 1. The number of nitrogens with one attached hydrogen (secondary N) is 2. The SMILES string of the molecule is C=CCC(C)NS(=O)(=O)c1ccc(CNC(C)(C)C)o1. The summed E-state index contributed by atoms with van der Waals surface area (Å²) in [4.78, 5) is 0. The van der Waals surface area contributed by atoms with Gasteiger partial charge in [0, 0.05) is 11.6 Å². The van der Waals surface area contributed by atoms with Crippen molar-refractivity contribution in [2.45, 2.75) is 57.3 Å². The lowest BCUT2D eigenvalue weighted by Crippen LogP contribution is -2.35. The molecule has 0 aliphatic rings. The lowest BCUT2D eigenvalue weighted by Gasteiger charge is -2.19. The normalized spacial score (nSPS) is 14.2. The molecule has 6 heteroatoms. The maximum atomic E-state index is 12.1. The van der Waals surface area contributed by atoms with E-state index in [-0.39, 0.29) is 16.7 Å². The fraction of sp³-hybridized carbons (Fsp3) is 0.571. The van der Waals surface area contributed by atoms with E-state index in [1.807, 2.05) is 20.8 Å². The third kappa shape index (κ3) is 5.48. The van der Waals surface area contributed by atoms with Gasteiger partial charge in [0.2, 0.25) is 5.09 Å². The van der Waals surface area contributed by atoms with Gasteiger partial charge in [-0.25, -0.2) is 13.1 Å². The molecule has 5 nitrogen and oxygen atoms in total. The Balaban J connectivity index is 2.72. The molecule has 0 radical (unpaired) electrons. The predicted octanol–water partition coefficient (Wildman–Crippen LogP) is 2.41. The van der Waals surface area contributed by atoms with Crippen molar-refractivity contribution < 1.29 is 12.8 Å². The molecule has 114 valence electrons. The van der Waals surface area contributed by atoms with Gasteiger partial charge in [0.25, 0.3) is 10.0 Å². The average molecular weight is 300 g/mol. The van der Waals surface area contributed by atoms with Crippen LogP contribution in [-0.4, -0.2) is 20.0 Å². The van der Waals surface area contributed by atoms with E-state index >= 15 is 0 Å². The fourth-order valence-electron chi connectivity index (χ4n) is 1.57. The first-order valence-electron chi connectivity index (χ1n) is 6.61. The molecule has 0 aliphatic carbocycles. The summed E-state index contributed by atoms with van der Waals surface area (Å²) < 4.78 is 32.1. The lowest BCUT2D eigenvalue weighted by atomic mass is 10.1. The van der Waals surface area contributed by atoms with Gasteiger partial charge in [0.05, 0.1) is 6.54 Å². The predicted molar refractivity (Wildman–Crippen MR) is 79.9 cm³/mol. The molecule has 0 bridgehead atoms. The highest BCUT2D eigenvalue weighted by Gasteiger charge is 2.21. The maximum absolute atomic E-state index is 12.1. The quantitative estimate of drug-likeness (QED) is 0.759. The molecule has 0 saturated carbocycles. The molecule has 1 aromatic rings. The first-order chi connectivity index (χ1) is 9.14. The van der Waals surface area contributed by atoms with Crippen molar-refractivity contribution in [2.24, 2.45) is 0 Å². The minimum absolute atomic E-state index is 0.0530. The number of furan rings is 1. The topological polar surface area (TPSA) is 71.3 Å². The van der Waals surface area contributed by atoms with Gasteiger partial charge in [-0.1, -0.05) is 6.08 Å². The Morgan fingerprint density at radius 3 is 2.60 bits per heavy atom. The molecule has 0 aromatic carbocycles. The standard InChI is InChI=1S/C14H24N2O3S/c1-6-7-11(2)16-20(17,18)13-9-8-12(19-13)10-15-14(3,4)5/h6,8-9,11,15-16H,1,7,10H2,2-5H3. The molecule has 0 spiro atoms. The van der Waals surface area contributed by atoms with Crippen LogP contribution in [0.25, 0.3) is 0 Å². The zero-order valence-electron chi connectivity index (χ0n) is 12.6. The molecule has 0 aliphatic heterocycles. The molecule has 0 fully saturated rings. The summed E-state index contributed by atoms with van der Waals surface area (Å²) in [6, 6.07) is 2.94. The van der Waals surface area contributed by atoms with E-state index in [0.717, 1.165) is 0 Å². The van der Waals surface area contributed by atoms with Gasteiger partial charge in [0.15, 0.2) is 0 Å². The third-order valence-corrected chi connectivity index (χ3v) is 4.03. The summed E-state index contributed by atoms with van der Waals surface area (Å²) in [6.07, 6.45) is 2.24. The van der Waals surface area contributed by atoms with Crippen LogP contribution in [0.15, 0.2) is 34.3 Å². The molecular weight excluding hydrogens is 276 g/mol. The van der Waals surface area contributed by atoms with Crippen molar-refractivity contribution in [2.75, 3.05) is 0 Å². The zero-order valence-corrected chi connectivity index (χ0v) is 13.4. The van der Waals surface area contributed by atoms with E-state index in [1.165, 1.54) is 6.07 Å². The number of hydrogen-bond donors (Lipinski definition) is 2. The van der Waals surface area contributed by atoms with Gasteiger partial charge in [-0.15, -0.1) is 6.58 Å². The third-order valence-electron chi connectivity index (χ3n) is 2.57. The molecular formula is C14H24N2O3S. The van der Waals surface area contributed by atoms with E-state index in [0.29, 0.717) is 18.7 Å². The van der Waals surface area contributed by atoms with Crippen LogP contribution in [0.1, 0.15) is 39.9 Å². The Labute approximate surface area is 121 Å². The Bertz CT molecular complexity index is 541. The van der Waals surface area contributed by atoms with E-state index in [1.54, 1.807) is 19.1 Å². The van der Waals surface area contributed by atoms with Crippen molar-refractivity contribution in [3.8, 4) is 0 Å². The van der Waals surface area contributed by atoms with Crippen molar-refractivity contribution in [1.29, 1.82) is 0 Å². The summed E-state index contributed by atoms with van der Waals surface area (Å²) in [7, 11) is -3.61. The summed E-state index contributed by atoms with van der Waals surface area (Å²) >= 11 is 0. The zero-order chi connectivity index (χ0) is 15.4. The molecule has 0 amide bonds. The van der Waals surface area contributed by atoms with Crippen molar-refractivity contribution >= 4 is 10.0 Å². The van der Waals surface area contributed by atoms with E-state index in [4.69, 9.17) is 4.42 Å². The highest BCUT2D eigenvalue weighted by molar-refractivity contribution is 7.89. The molecule has 2 N–H and O–H groups in total. The lowest BCUT2D eigenvalue weighted by molar-refractivity contribution is 0.358. The van der Waals surface area contributed by atoms with Crippen LogP contribution in [-0.2, 0) is 16.6 Å².